The number of ether oxygens (including phenoxy) is 1. The van der Waals surface area contributed by atoms with Gasteiger partial charge in [-0.3, -0.25) is 9.59 Å². The summed E-state index contributed by atoms with van der Waals surface area (Å²) in [6.07, 6.45) is 1.29. The summed E-state index contributed by atoms with van der Waals surface area (Å²) in [5.41, 5.74) is 1.34. The standard InChI is InChI=1S/C18H18Br2N2O3/c1-2-3-17(23)21-13-5-7-14(8-6-13)22-18(24)11-25-16-9-4-12(19)10-15(16)20/h4-10H,2-3,11H2,1H3,(H,21,23)(H,22,24). The Labute approximate surface area is 163 Å². The summed E-state index contributed by atoms with van der Waals surface area (Å²) in [6, 6.07) is 12.4. The van der Waals surface area contributed by atoms with Crippen LogP contribution in [0.15, 0.2) is 51.4 Å². The van der Waals surface area contributed by atoms with Gasteiger partial charge >= 0.3 is 0 Å². The van der Waals surface area contributed by atoms with Crippen LogP contribution >= 0.6 is 31.9 Å². The molecule has 0 saturated carbocycles. The molecule has 0 fully saturated rings. The van der Waals surface area contributed by atoms with Gasteiger partial charge in [-0.1, -0.05) is 22.9 Å². The molecular weight excluding hydrogens is 452 g/mol. The quantitative estimate of drug-likeness (QED) is 0.601. The molecule has 2 aromatic rings. The molecule has 0 atom stereocenters. The summed E-state index contributed by atoms with van der Waals surface area (Å²) >= 11 is 6.74. The average Bonchev–Trinajstić information content (AvgIpc) is 2.56. The van der Waals surface area contributed by atoms with Crippen molar-refractivity contribution in [3.05, 3.63) is 51.4 Å². The molecule has 2 rings (SSSR count). The van der Waals surface area contributed by atoms with Crippen LogP contribution in [0.25, 0.3) is 0 Å². The van der Waals surface area contributed by atoms with E-state index in [1.54, 1.807) is 30.3 Å². The van der Waals surface area contributed by atoms with Crippen LogP contribution in [0.3, 0.4) is 0 Å². The smallest absolute Gasteiger partial charge is 0.262 e. The van der Waals surface area contributed by atoms with Crippen molar-refractivity contribution in [1.29, 1.82) is 0 Å². The Morgan fingerprint density at radius 1 is 0.960 bits per heavy atom. The van der Waals surface area contributed by atoms with E-state index in [2.05, 4.69) is 42.5 Å². The summed E-state index contributed by atoms with van der Waals surface area (Å²) < 4.78 is 7.18. The average molecular weight is 470 g/mol. The zero-order chi connectivity index (χ0) is 18.2. The maximum Gasteiger partial charge on any atom is 0.262 e. The number of benzene rings is 2. The molecule has 7 heteroatoms. The van der Waals surface area contributed by atoms with Crippen LogP contribution < -0.4 is 15.4 Å². The highest BCUT2D eigenvalue weighted by Gasteiger charge is 2.07. The molecule has 2 amide bonds. The number of nitrogens with one attached hydrogen (secondary N) is 2. The van der Waals surface area contributed by atoms with Crippen LogP contribution in [0.4, 0.5) is 11.4 Å². The molecule has 0 aliphatic rings. The third kappa shape index (κ3) is 6.51. The molecule has 0 aliphatic heterocycles. The van der Waals surface area contributed by atoms with E-state index in [0.717, 1.165) is 15.4 Å². The van der Waals surface area contributed by atoms with E-state index in [1.165, 1.54) is 0 Å². The van der Waals surface area contributed by atoms with Gasteiger partial charge in [-0.25, -0.2) is 0 Å². The van der Waals surface area contributed by atoms with Crippen molar-refractivity contribution in [3.63, 3.8) is 0 Å². The van der Waals surface area contributed by atoms with Crippen LogP contribution in [0, 0.1) is 0 Å². The van der Waals surface area contributed by atoms with Gasteiger partial charge in [-0.2, -0.15) is 0 Å². The van der Waals surface area contributed by atoms with Gasteiger partial charge in [0.2, 0.25) is 5.91 Å². The van der Waals surface area contributed by atoms with Gasteiger partial charge in [0, 0.05) is 22.3 Å². The lowest BCUT2D eigenvalue weighted by atomic mass is 10.2. The molecule has 132 valence electrons. The van der Waals surface area contributed by atoms with E-state index >= 15 is 0 Å². The summed E-state index contributed by atoms with van der Waals surface area (Å²) in [5, 5.41) is 5.54. The normalized spacial score (nSPS) is 10.2. The minimum atomic E-state index is -0.266. The van der Waals surface area contributed by atoms with Gasteiger partial charge in [0.25, 0.3) is 5.91 Å². The molecule has 5 nitrogen and oxygen atoms in total. The molecule has 0 saturated heterocycles. The van der Waals surface area contributed by atoms with E-state index in [9.17, 15) is 9.59 Å². The first-order valence-electron chi connectivity index (χ1n) is 7.75. The molecule has 0 unspecified atom stereocenters. The van der Waals surface area contributed by atoms with Crippen LogP contribution in [0.2, 0.25) is 0 Å². The minimum absolute atomic E-state index is 0.0206. The van der Waals surface area contributed by atoms with E-state index in [0.29, 0.717) is 23.5 Å². The first-order valence-corrected chi connectivity index (χ1v) is 9.34. The molecule has 0 heterocycles. The van der Waals surface area contributed by atoms with Crippen molar-refractivity contribution in [2.24, 2.45) is 0 Å². The van der Waals surface area contributed by atoms with Gasteiger partial charge < -0.3 is 15.4 Å². The van der Waals surface area contributed by atoms with Crippen LogP contribution in [-0.4, -0.2) is 18.4 Å². The van der Waals surface area contributed by atoms with Gasteiger partial charge in [0.1, 0.15) is 5.75 Å². The lowest BCUT2D eigenvalue weighted by molar-refractivity contribution is -0.118. The lowest BCUT2D eigenvalue weighted by Crippen LogP contribution is -2.20. The monoisotopic (exact) mass is 468 g/mol. The fourth-order valence-corrected chi connectivity index (χ4v) is 3.18. The molecule has 0 radical (unpaired) electrons. The number of hydrogen-bond acceptors (Lipinski definition) is 3. The number of rotatable bonds is 7. The molecule has 2 aromatic carbocycles. The number of carbonyl (C=O) groups excluding carboxylic acids is 2. The van der Waals surface area contributed by atoms with E-state index < -0.39 is 0 Å². The molecule has 0 aliphatic carbocycles. The predicted molar refractivity (Wildman–Crippen MR) is 106 cm³/mol. The van der Waals surface area contributed by atoms with Crippen molar-refractivity contribution in [2.75, 3.05) is 17.2 Å². The third-order valence-corrected chi connectivity index (χ3v) is 4.30. The maximum absolute atomic E-state index is 12.0. The molecule has 0 aromatic heterocycles. The zero-order valence-corrected chi connectivity index (χ0v) is 16.8. The van der Waals surface area contributed by atoms with Crippen molar-refractivity contribution in [2.45, 2.75) is 19.8 Å². The summed E-state index contributed by atoms with van der Waals surface area (Å²) in [7, 11) is 0. The number of carbonyl (C=O) groups is 2. The summed E-state index contributed by atoms with van der Waals surface area (Å²) in [6.45, 7) is 1.85. The number of anilines is 2. The van der Waals surface area contributed by atoms with E-state index in [1.807, 2.05) is 19.1 Å². The topological polar surface area (TPSA) is 67.4 Å². The second-order valence-electron chi connectivity index (χ2n) is 5.29. The Bertz CT molecular complexity index is 748. The second-order valence-corrected chi connectivity index (χ2v) is 7.06. The van der Waals surface area contributed by atoms with Crippen LogP contribution in [0.5, 0.6) is 5.75 Å². The first kappa shape index (κ1) is 19.5. The van der Waals surface area contributed by atoms with Crippen LogP contribution in [-0.2, 0) is 9.59 Å². The van der Waals surface area contributed by atoms with Crippen LogP contribution in [0.1, 0.15) is 19.8 Å². The highest BCUT2D eigenvalue weighted by molar-refractivity contribution is 9.11. The Morgan fingerprint density at radius 2 is 1.56 bits per heavy atom. The Morgan fingerprint density at radius 3 is 2.12 bits per heavy atom. The highest BCUT2D eigenvalue weighted by Crippen LogP contribution is 2.28. The van der Waals surface area contributed by atoms with Gasteiger partial charge in [-0.15, -0.1) is 0 Å². The number of amides is 2. The van der Waals surface area contributed by atoms with Gasteiger partial charge in [0.05, 0.1) is 4.47 Å². The van der Waals surface area contributed by atoms with Crippen molar-refractivity contribution in [3.8, 4) is 5.75 Å². The fraction of sp³-hybridized carbons (Fsp3) is 0.222. The van der Waals surface area contributed by atoms with Gasteiger partial charge in [0.15, 0.2) is 6.61 Å². The molecule has 2 N–H and O–H groups in total. The first-order chi connectivity index (χ1) is 12.0. The van der Waals surface area contributed by atoms with Crippen molar-refractivity contribution < 1.29 is 14.3 Å². The highest BCUT2D eigenvalue weighted by atomic mass is 79.9. The maximum atomic E-state index is 12.0. The number of halogens is 2. The number of hydrogen-bond donors (Lipinski definition) is 2. The third-order valence-electron chi connectivity index (χ3n) is 3.18. The van der Waals surface area contributed by atoms with Gasteiger partial charge in [-0.05, 0) is 64.8 Å². The minimum Gasteiger partial charge on any atom is -0.483 e. The molecule has 0 spiro atoms. The molecular formula is C18H18Br2N2O3. The Hall–Kier alpha value is -1.86. The molecule has 0 bridgehead atoms. The zero-order valence-electron chi connectivity index (χ0n) is 13.6. The second kappa shape index (κ2) is 9.58. The molecule has 25 heavy (non-hydrogen) atoms. The van der Waals surface area contributed by atoms with E-state index in [-0.39, 0.29) is 18.4 Å². The van der Waals surface area contributed by atoms with Crippen molar-refractivity contribution in [1.82, 2.24) is 0 Å². The summed E-state index contributed by atoms with van der Waals surface area (Å²) in [4.78, 5) is 23.5. The Kier molecular flexibility index (Phi) is 7.46. The lowest BCUT2D eigenvalue weighted by Gasteiger charge is -2.10. The fourth-order valence-electron chi connectivity index (χ4n) is 2.02. The summed E-state index contributed by atoms with van der Waals surface area (Å²) in [5.74, 6) is 0.303. The van der Waals surface area contributed by atoms with Crippen molar-refractivity contribution >= 4 is 55.0 Å². The van der Waals surface area contributed by atoms with E-state index in [4.69, 9.17) is 4.74 Å². The predicted octanol–water partition coefficient (Wildman–Crippen LogP) is 4.97. The largest absolute Gasteiger partial charge is 0.483 e. The Balaban J connectivity index is 1.84. The SMILES string of the molecule is CCCC(=O)Nc1ccc(NC(=O)COc2ccc(Br)cc2Br)cc1.